The molecule has 1 aromatic heterocycles. The summed E-state index contributed by atoms with van der Waals surface area (Å²) in [6, 6.07) is 12.3. The van der Waals surface area contributed by atoms with E-state index < -0.39 is 0 Å². The second-order valence-corrected chi connectivity index (χ2v) is 8.45. The van der Waals surface area contributed by atoms with Crippen molar-refractivity contribution >= 4 is 50.1 Å². The lowest BCUT2D eigenvalue weighted by molar-refractivity contribution is -0.125. The summed E-state index contributed by atoms with van der Waals surface area (Å²) in [4.78, 5) is 13.4. The Balaban J connectivity index is 1.48. The molecule has 3 heterocycles. The van der Waals surface area contributed by atoms with Gasteiger partial charge >= 0.3 is 0 Å². The highest BCUT2D eigenvalue weighted by Gasteiger charge is 2.42. The van der Waals surface area contributed by atoms with Crippen LogP contribution in [0.25, 0.3) is 0 Å². The number of nitrogens with zero attached hydrogens (tertiary/aromatic N) is 2. The van der Waals surface area contributed by atoms with E-state index in [9.17, 15) is 4.79 Å². The third-order valence-electron chi connectivity index (χ3n) is 3.98. The van der Waals surface area contributed by atoms with Gasteiger partial charge in [-0.15, -0.1) is 16.4 Å². The number of carbonyl (C=O) groups is 1. The van der Waals surface area contributed by atoms with Crippen LogP contribution in [0.1, 0.15) is 22.9 Å². The minimum absolute atomic E-state index is 0.0478. The van der Waals surface area contributed by atoms with Crippen LogP contribution in [0.15, 0.2) is 51.4 Å². The average molecular weight is 423 g/mol. The van der Waals surface area contributed by atoms with Crippen molar-refractivity contribution in [2.24, 2.45) is 5.10 Å². The Kier molecular flexibility index (Phi) is 4.62. The lowest BCUT2D eigenvalue weighted by atomic mass is 10.1. The van der Waals surface area contributed by atoms with Crippen molar-refractivity contribution in [3.05, 3.63) is 56.7 Å². The molecule has 1 saturated heterocycles. The van der Waals surface area contributed by atoms with Gasteiger partial charge in [0.15, 0.2) is 5.17 Å². The van der Waals surface area contributed by atoms with Crippen molar-refractivity contribution < 1.29 is 4.79 Å². The van der Waals surface area contributed by atoms with Crippen LogP contribution < -0.4 is 10.9 Å². The third-order valence-corrected chi connectivity index (χ3v) is 6.48. The van der Waals surface area contributed by atoms with Crippen LogP contribution in [0.3, 0.4) is 0 Å². The second kappa shape index (κ2) is 6.87. The number of hydrogen-bond donors (Lipinski definition) is 2. The first-order valence-electron chi connectivity index (χ1n) is 7.54. The summed E-state index contributed by atoms with van der Waals surface area (Å²) in [6.45, 7) is 0. The van der Waals surface area contributed by atoms with Gasteiger partial charge in [-0.2, -0.15) is 0 Å². The third kappa shape index (κ3) is 3.23. The Morgan fingerprint density at radius 2 is 2.29 bits per heavy atom. The van der Waals surface area contributed by atoms with Gasteiger partial charge in [-0.3, -0.25) is 9.80 Å². The summed E-state index contributed by atoms with van der Waals surface area (Å²) >= 11 is 6.82. The summed E-state index contributed by atoms with van der Waals surface area (Å²) in [6.07, 6.45) is 0.753. The van der Waals surface area contributed by atoms with Crippen molar-refractivity contribution in [2.45, 2.75) is 24.3 Å². The number of halogens is 1. The molecule has 0 saturated carbocycles. The molecule has 4 rings (SSSR count). The Hall–Kier alpha value is -1.35. The molecule has 2 aromatic rings. The molecule has 1 fully saturated rings. The van der Waals surface area contributed by atoms with Crippen molar-refractivity contribution in [1.29, 1.82) is 0 Å². The SMILES string of the molecule is O=C1NN=C(SCc2cccc(Br)c2)N2NC(c3cccs3)CC12. The largest absolute Gasteiger partial charge is 0.272 e. The van der Waals surface area contributed by atoms with Gasteiger partial charge in [0.25, 0.3) is 5.91 Å². The summed E-state index contributed by atoms with van der Waals surface area (Å²) in [5, 5.41) is 9.03. The summed E-state index contributed by atoms with van der Waals surface area (Å²) < 4.78 is 1.06. The number of benzene rings is 1. The number of carbonyl (C=O) groups excluding carboxylic acids is 1. The molecule has 0 bridgehead atoms. The predicted molar refractivity (Wildman–Crippen MR) is 101 cm³/mol. The first-order chi connectivity index (χ1) is 11.7. The topological polar surface area (TPSA) is 56.7 Å². The Morgan fingerprint density at radius 3 is 3.08 bits per heavy atom. The van der Waals surface area contributed by atoms with Gasteiger partial charge in [0, 0.05) is 21.5 Å². The fourth-order valence-electron chi connectivity index (χ4n) is 2.83. The normalized spacial score (nSPS) is 23.0. The van der Waals surface area contributed by atoms with Gasteiger partial charge < -0.3 is 0 Å². The zero-order chi connectivity index (χ0) is 16.5. The zero-order valence-corrected chi connectivity index (χ0v) is 15.8. The summed E-state index contributed by atoms with van der Waals surface area (Å²) in [5.41, 5.74) is 7.31. The van der Waals surface area contributed by atoms with E-state index in [0.717, 1.165) is 21.8 Å². The predicted octanol–water partition coefficient (Wildman–Crippen LogP) is 3.46. The number of fused-ring (bicyclic) bond motifs is 1. The Bertz CT molecular complexity index is 780. The quantitative estimate of drug-likeness (QED) is 0.794. The number of hydrazone groups is 1. The first kappa shape index (κ1) is 16.1. The van der Waals surface area contributed by atoms with Crippen LogP contribution in [-0.2, 0) is 10.5 Å². The molecule has 24 heavy (non-hydrogen) atoms. The van der Waals surface area contributed by atoms with E-state index in [0.29, 0.717) is 0 Å². The molecule has 1 amide bonds. The number of thiophene rings is 1. The molecule has 124 valence electrons. The highest BCUT2D eigenvalue weighted by atomic mass is 79.9. The highest BCUT2D eigenvalue weighted by molar-refractivity contribution is 9.10. The smallest absolute Gasteiger partial charge is 0.264 e. The number of amides is 1. The molecule has 2 aliphatic heterocycles. The Labute approximate surface area is 156 Å². The van der Waals surface area contributed by atoms with Crippen LogP contribution in [0.5, 0.6) is 0 Å². The van der Waals surface area contributed by atoms with E-state index >= 15 is 0 Å². The van der Waals surface area contributed by atoms with Crippen LogP contribution in [0.4, 0.5) is 0 Å². The second-order valence-electron chi connectivity index (χ2n) is 5.61. The molecule has 5 nitrogen and oxygen atoms in total. The van der Waals surface area contributed by atoms with E-state index in [-0.39, 0.29) is 18.0 Å². The number of nitrogens with one attached hydrogen (secondary N) is 2. The summed E-state index contributed by atoms with van der Waals surface area (Å²) in [5.74, 6) is 0.747. The van der Waals surface area contributed by atoms with Crippen molar-refractivity contribution in [3.63, 3.8) is 0 Å². The number of rotatable bonds is 3. The molecule has 2 atom stereocenters. The van der Waals surface area contributed by atoms with Crippen molar-refractivity contribution in [3.8, 4) is 0 Å². The molecule has 2 N–H and O–H groups in total. The number of amidine groups is 1. The highest BCUT2D eigenvalue weighted by Crippen LogP contribution is 2.33. The molecule has 0 spiro atoms. The minimum Gasteiger partial charge on any atom is -0.272 e. The van der Waals surface area contributed by atoms with Gasteiger partial charge in [-0.25, -0.2) is 10.9 Å². The molecular weight excluding hydrogens is 408 g/mol. The van der Waals surface area contributed by atoms with Crippen LogP contribution in [-0.4, -0.2) is 22.1 Å². The lowest BCUT2D eigenvalue weighted by Crippen LogP contribution is -2.52. The molecule has 8 heteroatoms. The van der Waals surface area contributed by atoms with E-state index in [1.807, 2.05) is 23.2 Å². The van der Waals surface area contributed by atoms with E-state index in [4.69, 9.17) is 0 Å². The van der Waals surface area contributed by atoms with E-state index in [1.165, 1.54) is 10.4 Å². The van der Waals surface area contributed by atoms with Gasteiger partial charge in [0.2, 0.25) is 0 Å². The number of thioether (sulfide) groups is 1. The van der Waals surface area contributed by atoms with Crippen molar-refractivity contribution in [2.75, 3.05) is 0 Å². The van der Waals surface area contributed by atoms with Crippen LogP contribution in [0.2, 0.25) is 0 Å². The molecular formula is C16H15BrN4OS2. The van der Waals surface area contributed by atoms with E-state index in [2.05, 4.69) is 55.5 Å². The fourth-order valence-corrected chi connectivity index (χ4v) is 4.96. The maximum Gasteiger partial charge on any atom is 0.264 e. The maximum atomic E-state index is 12.1. The lowest BCUT2D eigenvalue weighted by Gasteiger charge is -2.29. The van der Waals surface area contributed by atoms with Crippen LogP contribution in [0, 0.1) is 0 Å². The molecule has 0 aliphatic carbocycles. The minimum atomic E-state index is -0.209. The molecule has 0 radical (unpaired) electrons. The monoisotopic (exact) mass is 422 g/mol. The fraction of sp³-hybridized carbons (Fsp3) is 0.250. The van der Waals surface area contributed by atoms with Gasteiger partial charge in [-0.05, 0) is 29.1 Å². The average Bonchev–Trinajstić information content (AvgIpc) is 3.24. The zero-order valence-electron chi connectivity index (χ0n) is 12.6. The standard InChI is InChI=1S/C16H15BrN4OS2/c17-11-4-1-3-10(7-11)9-24-16-19-18-15(22)13-8-12(20-21(13)16)14-5-2-6-23-14/h1-7,12-13,20H,8-9H2,(H,18,22). The number of hydrazine groups is 1. The summed E-state index contributed by atoms with van der Waals surface area (Å²) in [7, 11) is 0. The van der Waals surface area contributed by atoms with Gasteiger partial charge in [-0.1, -0.05) is 45.9 Å². The number of hydrogen-bond acceptors (Lipinski definition) is 6. The maximum absolute atomic E-state index is 12.1. The molecule has 2 aliphatic rings. The molecule has 2 unspecified atom stereocenters. The van der Waals surface area contributed by atoms with Gasteiger partial charge in [0.05, 0.1) is 6.04 Å². The van der Waals surface area contributed by atoms with Crippen LogP contribution >= 0.6 is 39.0 Å². The molecule has 1 aromatic carbocycles. The van der Waals surface area contributed by atoms with E-state index in [1.54, 1.807) is 23.1 Å². The Morgan fingerprint density at radius 1 is 1.38 bits per heavy atom. The van der Waals surface area contributed by atoms with Crippen molar-refractivity contribution in [1.82, 2.24) is 15.9 Å². The van der Waals surface area contributed by atoms with Gasteiger partial charge in [0.1, 0.15) is 6.04 Å². The first-order valence-corrected chi connectivity index (χ1v) is 10.2.